The maximum Gasteiger partial charge on any atom is 0.507 e. The van der Waals surface area contributed by atoms with Gasteiger partial charge in [0, 0.05) is 13.3 Å². The molecule has 16 heavy (non-hydrogen) atoms. The Balaban J connectivity index is 2.63. The van der Waals surface area contributed by atoms with E-state index in [-0.39, 0.29) is 5.91 Å². The SMILES string of the molecule is CC(=O)N[C@@H](Cc1ccccc1)OC(=O)O. The van der Waals surface area contributed by atoms with Crippen molar-refractivity contribution in [2.24, 2.45) is 0 Å². The van der Waals surface area contributed by atoms with Crippen LogP contribution in [0.2, 0.25) is 0 Å². The van der Waals surface area contributed by atoms with Crippen LogP contribution in [0.25, 0.3) is 0 Å². The van der Waals surface area contributed by atoms with Gasteiger partial charge < -0.3 is 15.2 Å². The van der Waals surface area contributed by atoms with E-state index in [1.807, 2.05) is 30.3 Å². The largest absolute Gasteiger partial charge is 0.507 e. The monoisotopic (exact) mass is 223 g/mol. The van der Waals surface area contributed by atoms with Gasteiger partial charge in [0.15, 0.2) is 6.23 Å². The second-order valence-corrected chi connectivity index (χ2v) is 3.26. The van der Waals surface area contributed by atoms with E-state index in [0.717, 1.165) is 5.56 Å². The van der Waals surface area contributed by atoms with Gasteiger partial charge in [-0.15, -0.1) is 0 Å². The highest BCUT2D eigenvalue weighted by molar-refractivity contribution is 5.73. The molecular formula is C11H13NO4. The summed E-state index contributed by atoms with van der Waals surface area (Å²) in [6.07, 6.45) is -1.95. The Labute approximate surface area is 93.0 Å². The predicted octanol–water partition coefficient (Wildman–Crippen LogP) is 1.39. The Bertz CT molecular complexity index is 348. The molecule has 0 fully saturated rings. The first kappa shape index (κ1) is 12.0. The van der Waals surface area contributed by atoms with E-state index in [4.69, 9.17) is 5.11 Å². The maximum atomic E-state index is 10.8. The number of hydrogen-bond acceptors (Lipinski definition) is 3. The van der Waals surface area contributed by atoms with Crippen molar-refractivity contribution < 1.29 is 19.4 Å². The van der Waals surface area contributed by atoms with Gasteiger partial charge in [-0.2, -0.15) is 0 Å². The molecule has 0 aliphatic rings. The highest BCUT2D eigenvalue weighted by Gasteiger charge is 2.14. The van der Waals surface area contributed by atoms with Gasteiger partial charge in [-0.05, 0) is 5.56 Å². The van der Waals surface area contributed by atoms with Gasteiger partial charge in [0.05, 0.1) is 0 Å². The van der Waals surface area contributed by atoms with E-state index in [1.165, 1.54) is 6.92 Å². The van der Waals surface area contributed by atoms with Crippen molar-refractivity contribution in [2.75, 3.05) is 0 Å². The van der Waals surface area contributed by atoms with Gasteiger partial charge in [0.2, 0.25) is 5.91 Å². The van der Waals surface area contributed by atoms with Gasteiger partial charge >= 0.3 is 6.16 Å². The molecule has 1 atom stereocenters. The van der Waals surface area contributed by atoms with Crippen LogP contribution in [0.3, 0.4) is 0 Å². The molecule has 0 unspecified atom stereocenters. The van der Waals surface area contributed by atoms with Crippen molar-refractivity contribution in [3.05, 3.63) is 35.9 Å². The van der Waals surface area contributed by atoms with Crippen LogP contribution < -0.4 is 5.32 Å². The second-order valence-electron chi connectivity index (χ2n) is 3.26. The normalized spacial score (nSPS) is 11.6. The first-order chi connectivity index (χ1) is 7.58. The van der Waals surface area contributed by atoms with E-state index in [1.54, 1.807) is 0 Å². The molecule has 86 valence electrons. The quantitative estimate of drug-likeness (QED) is 0.597. The Kier molecular flexibility index (Phi) is 4.32. The molecule has 0 saturated heterocycles. The predicted molar refractivity (Wildman–Crippen MR) is 56.9 cm³/mol. The molecule has 0 spiro atoms. The van der Waals surface area contributed by atoms with Crippen molar-refractivity contribution in [1.82, 2.24) is 5.32 Å². The van der Waals surface area contributed by atoms with E-state index >= 15 is 0 Å². The summed E-state index contributed by atoms with van der Waals surface area (Å²) in [4.78, 5) is 21.2. The topological polar surface area (TPSA) is 75.6 Å². The molecule has 1 aromatic rings. The van der Waals surface area contributed by atoms with Crippen LogP contribution in [0.4, 0.5) is 4.79 Å². The Morgan fingerprint density at radius 1 is 1.38 bits per heavy atom. The summed E-state index contributed by atoms with van der Waals surface area (Å²) < 4.78 is 4.55. The molecule has 1 aromatic carbocycles. The van der Waals surface area contributed by atoms with Gasteiger partial charge in [0.1, 0.15) is 0 Å². The van der Waals surface area contributed by atoms with Crippen molar-refractivity contribution in [1.29, 1.82) is 0 Å². The third kappa shape index (κ3) is 4.45. The lowest BCUT2D eigenvalue weighted by Crippen LogP contribution is -2.38. The van der Waals surface area contributed by atoms with Gasteiger partial charge in [0.25, 0.3) is 0 Å². The van der Waals surface area contributed by atoms with Crippen molar-refractivity contribution in [2.45, 2.75) is 19.6 Å². The summed E-state index contributed by atoms with van der Waals surface area (Å²) >= 11 is 0. The zero-order chi connectivity index (χ0) is 12.0. The Morgan fingerprint density at radius 2 is 2.00 bits per heavy atom. The van der Waals surface area contributed by atoms with Crippen LogP contribution in [0, 0.1) is 0 Å². The molecule has 1 rings (SSSR count). The van der Waals surface area contributed by atoms with E-state index in [2.05, 4.69) is 10.1 Å². The molecule has 5 nitrogen and oxygen atoms in total. The average Bonchev–Trinajstić information content (AvgIpc) is 2.16. The van der Waals surface area contributed by atoms with Crippen molar-refractivity contribution in [3.63, 3.8) is 0 Å². The van der Waals surface area contributed by atoms with Gasteiger partial charge in [-0.25, -0.2) is 4.79 Å². The zero-order valence-corrected chi connectivity index (χ0v) is 8.84. The van der Waals surface area contributed by atoms with Crippen molar-refractivity contribution >= 4 is 12.1 Å². The lowest BCUT2D eigenvalue weighted by atomic mass is 10.1. The van der Waals surface area contributed by atoms with Crippen LogP contribution in [-0.4, -0.2) is 23.4 Å². The highest BCUT2D eigenvalue weighted by Crippen LogP contribution is 2.04. The lowest BCUT2D eigenvalue weighted by Gasteiger charge is -2.16. The summed E-state index contributed by atoms with van der Waals surface area (Å²) in [5.41, 5.74) is 0.891. The third-order valence-corrected chi connectivity index (χ3v) is 1.87. The van der Waals surface area contributed by atoms with Crippen LogP contribution in [0.5, 0.6) is 0 Å². The summed E-state index contributed by atoms with van der Waals surface area (Å²) in [6, 6.07) is 9.19. The number of carbonyl (C=O) groups is 2. The molecule has 0 heterocycles. The van der Waals surface area contributed by atoms with E-state index < -0.39 is 12.4 Å². The lowest BCUT2D eigenvalue weighted by molar-refractivity contribution is -0.122. The number of rotatable bonds is 4. The first-order valence-corrected chi connectivity index (χ1v) is 4.78. The molecule has 0 saturated carbocycles. The summed E-state index contributed by atoms with van der Waals surface area (Å²) in [6.45, 7) is 1.31. The molecule has 0 radical (unpaired) electrons. The van der Waals surface area contributed by atoms with Gasteiger partial charge in [-0.1, -0.05) is 30.3 Å². The van der Waals surface area contributed by atoms with Crippen molar-refractivity contribution in [3.8, 4) is 0 Å². The molecular weight excluding hydrogens is 210 g/mol. The summed E-state index contributed by atoms with van der Waals surface area (Å²) in [5, 5.41) is 10.9. The van der Waals surface area contributed by atoms with Crippen LogP contribution in [-0.2, 0) is 16.0 Å². The first-order valence-electron chi connectivity index (χ1n) is 4.78. The van der Waals surface area contributed by atoms with Crippen LogP contribution in [0.1, 0.15) is 12.5 Å². The molecule has 0 bridgehead atoms. The van der Waals surface area contributed by atoms with Gasteiger partial charge in [-0.3, -0.25) is 4.79 Å². The van der Waals surface area contributed by atoms with Crippen LogP contribution in [0.15, 0.2) is 30.3 Å². The maximum absolute atomic E-state index is 10.8. The minimum atomic E-state index is -1.41. The second kappa shape index (κ2) is 5.75. The van der Waals surface area contributed by atoms with E-state index in [9.17, 15) is 9.59 Å². The molecule has 5 heteroatoms. The Hall–Kier alpha value is -2.04. The molecule has 0 aromatic heterocycles. The Morgan fingerprint density at radius 3 is 2.50 bits per heavy atom. The highest BCUT2D eigenvalue weighted by atomic mass is 16.7. The smallest absolute Gasteiger partial charge is 0.450 e. The average molecular weight is 223 g/mol. The fourth-order valence-electron chi connectivity index (χ4n) is 1.30. The summed E-state index contributed by atoms with van der Waals surface area (Å²) in [7, 11) is 0. The number of amides is 1. The fourth-order valence-corrected chi connectivity index (χ4v) is 1.30. The number of carboxylic acid groups (broad SMARTS) is 1. The standard InChI is InChI=1S/C11H13NO4/c1-8(13)12-10(16-11(14)15)7-9-5-3-2-4-6-9/h2-6,10H,7H2,1H3,(H,12,13)(H,14,15)/t10-/m1/s1. The number of carbonyl (C=O) groups excluding carboxylic acids is 1. The minimum Gasteiger partial charge on any atom is -0.450 e. The number of ether oxygens (including phenoxy) is 1. The third-order valence-electron chi connectivity index (χ3n) is 1.87. The number of nitrogens with one attached hydrogen (secondary N) is 1. The van der Waals surface area contributed by atoms with Crippen LogP contribution >= 0.6 is 0 Å². The molecule has 1 amide bonds. The number of hydrogen-bond donors (Lipinski definition) is 2. The number of benzene rings is 1. The molecule has 0 aliphatic heterocycles. The molecule has 2 N–H and O–H groups in total. The fraction of sp³-hybridized carbons (Fsp3) is 0.273. The minimum absolute atomic E-state index is 0.312. The summed E-state index contributed by atoms with van der Waals surface area (Å²) in [5.74, 6) is -0.331. The van der Waals surface area contributed by atoms with E-state index in [0.29, 0.717) is 6.42 Å². The molecule has 0 aliphatic carbocycles. The zero-order valence-electron chi connectivity index (χ0n) is 8.84.